The number of nitriles is 2. The molecule has 4 heteroatoms. The Morgan fingerprint density at radius 3 is 2.15 bits per heavy atom. The van der Waals surface area contributed by atoms with Crippen LogP contribution in [0.5, 0.6) is 0 Å². The van der Waals surface area contributed by atoms with E-state index in [2.05, 4.69) is 12.1 Å². The molecule has 0 aliphatic heterocycles. The molecule has 3 rings (SSSR count). The second-order valence-corrected chi connectivity index (χ2v) is 6.17. The number of hydrogen-bond acceptors (Lipinski definition) is 3. The van der Waals surface area contributed by atoms with E-state index in [1.807, 2.05) is 48.5 Å². The predicted molar refractivity (Wildman–Crippen MR) is 104 cm³/mol. The normalized spacial score (nSPS) is 9.89. The van der Waals surface area contributed by atoms with E-state index in [0.717, 1.165) is 16.7 Å². The van der Waals surface area contributed by atoms with Crippen LogP contribution in [0.4, 0.5) is 0 Å². The Labute approximate surface area is 158 Å². The van der Waals surface area contributed by atoms with E-state index in [-0.39, 0.29) is 5.91 Å². The van der Waals surface area contributed by atoms with Crippen LogP contribution in [0.3, 0.4) is 0 Å². The lowest BCUT2D eigenvalue weighted by Gasteiger charge is -2.19. The average Bonchev–Trinajstić information content (AvgIpc) is 2.73. The van der Waals surface area contributed by atoms with Gasteiger partial charge >= 0.3 is 0 Å². The van der Waals surface area contributed by atoms with Gasteiger partial charge in [0.2, 0.25) is 0 Å². The highest BCUT2D eigenvalue weighted by Crippen LogP contribution is 2.27. The molecule has 0 heterocycles. The van der Waals surface area contributed by atoms with Crippen molar-refractivity contribution in [1.82, 2.24) is 4.90 Å². The van der Waals surface area contributed by atoms with E-state index in [9.17, 15) is 10.1 Å². The van der Waals surface area contributed by atoms with Crippen molar-refractivity contribution >= 4 is 5.91 Å². The fraction of sp³-hybridized carbons (Fsp3) is 0.0870. The highest BCUT2D eigenvalue weighted by atomic mass is 16.2. The molecule has 3 aromatic rings. The third-order valence-electron chi connectivity index (χ3n) is 4.34. The Hall–Kier alpha value is -3.89. The van der Waals surface area contributed by atoms with Gasteiger partial charge in [-0.3, -0.25) is 4.79 Å². The number of hydrogen-bond donors (Lipinski definition) is 0. The number of rotatable bonds is 4. The van der Waals surface area contributed by atoms with Gasteiger partial charge in [-0.2, -0.15) is 10.5 Å². The topological polar surface area (TPSA) is 67.9 Å². The first-order valence-electron chi connectivity index (χ1n) is 8.47. The summed E-state index contributed by atoms with van der Waals surface area (Å²) in [7, 11) is 1.74. The standard InChI is InChI=1S/C23H17N3O/c1-26(16-18-12-10-17(14-24)11-13-18)23(27)22-9-5-4-8-21(22)20-7-3-2-6-19(20)15-25/h2-13H,16H2,1H3. The number of amides is 1. The quantitative estimate of drug-likeness (QED) is 0.701. The van der Waals surface area contributed by atoms with Crippen molar-refractivity contribution in [2.45, 2.75) is 6.54 Å². The van der Waals surface area contributed by atoms with Crippen molar-refractivity contribution < 1.29 is 4.79 Å². The molecule has 0 N–H and O–H groups in total. The summed E-state index contributed by atoms with van der Waals surface area (Å²) in [6.07, 6.45) is 0. The SMILES string of the molecule is CN(Cc1ccc(C#N)cc1)C(=O)c1ccccc1-c1ccccc1C#N. The molecule has 0 unspecified atom stereocenters. The largest absolute Gasteiger partial charge is 0.337 e. The third kappa shape index (κ3) is 3.86. The number of benzene rings is 3. The Bertz CT molecular complexity index is 1060. The second-order valence-electron chi connectivity index (χ2n) is 6.17. The Balaban J connectivity index is 1.91. The van der Waals surface area contributed by atoms with E-state index < -0.39 is 0 Å². The number of carbonyl (C=O) groups excluding carboxylic acids is 1. The molecule has 4 nitrogen and oxygen atoms in total. The van der Waals surface area contributed by atoms with Crippen molar-refractivity contribution in [3.63, 3.8) is 0 Å². The summed E-state index contributed by atoms with van der Waals surface area (Å²) in [6, 6.07) is 26.0. The molecule has 0 atom stereocenters. The first kappa shape index (κ1) is 17.9. The maximum absolute atomic E-state index is 13.1. The van der Waals surface area contributed by atoms with Gasteiger partial charge in [-0.05, 0) is 35.4 Å². The van der Waals surface area contributed by atoms with Gasteiger partial charge in [0.25, 0.3) is 5.91 Å². The van der Waals surface area contributed by atoms with Gasteiger partial charge in [-0.1, -0.05) is 48.5 Å². The zero-order valence-corrected chi connectivity index (χ0v) is 14.9. The van der Waals surface area contributed by atoms with Crippen LogP contribution in [0.25, 0.3) is 11.1 Å². The molecule has 3 aromatic carbocycles. The minimum atomic E-state index is -0.122. The van der Waals surface area contributed by atoms with Crippen molar-refractivity contribution in [1.29, 1.82) is 10.5 Å². The van der Waals surface area contributed by atoms with Crippen LogP contribution in [0.1, 0.15) is 27.0 Å². The smallest absolute Gasteiger partial charge is 0.254 e. The lowest BCUT2D eigenvalue weighted by molar-refractivity contribution is 0.0786. The van der Waals surface area contributed by atoms with Crippen LogP contribution in [-0.4, -0.2) is 17.9 Å². The van der Waals surface area contributed by atoms with E-state index in [1.165, 1.54) is 0 Å². The molecule has 27 heavy (non-hydrogen) atoms. The van der Waals surface area contributed by atoms with Crippen molar-refractivity contribution in [2.75, 3.05) is 7.05 Å². The van der Waals surface area contributed by atoms with Crippen molar-refractivity contribution in [3.05, 3.63) is 95.1 Å². The molecule has 0 aliphatic rings. The summed E-state index contributed by atoms with van der Waals surface area (Å²) >= 11 is 0. The predicted octanol–water partition coefficient (Wildman–Crippen LogP) is 4.37. The van der Waals surface area contributed by atoms with Gasteiger partial charge in [-0.15, -0.1) is 0 Å². The van der Waals surface area contributed by atoms with Crippen LogP contribution in [0, 0.1) is 22.7 Å². The van der Waals surface area contributed by atoms with E-state index >= 15 is 0 Å². The minimum absolute atomic E-state index is 0.122. The molecular formula is C23H17N3O. The fourth-order valence-corrected chi connectivity index (χ4v) is 2.96. The molecule has 0 bridgehead atoms. The Morgan fingerprint density at radius 2 is 1.48 bits per heavy atom. The van der Waals surface area contributed by atoms with Crippen LogP contribution in [-0.2, 0) is 6.54 Å². The zero-order valence-electron chi connectivity index (χ0n) is 14.9. The molecule has 0 radical (unpaired) electrons. The summed E-state index contributed by atoms with van der Waals surface area (Å²) in [4.78, 5) is 14.7. The van der Waals surface area contributed by atoms with Crippen LogP contribution in [0.2, 0.25) is 0 Å². The van der Waals surface area contributed by atoms with Crippen molar-refractivity contribution in [3.8, 4) is 23.3 Å². The minimum Gasteiger partial charge on any atom is -0.337 e. The molecule has 0 spiro atoms. The maximum atomic E-state index is 13.1. The molecular weight excluding hydrogens is 334 g/mol. The van der Waals surface area contributed by atoms with Crippen LogP contribution < -0.4 is 0 Å². The van der Waals surface area contributed by atoms with E-state index in [1.54, 1.807) is 36.2 Å². The van der Waals surface area contributed by atoms with Gasteiger partial charge in [0.15, 0.2) is 0 Å². The molecule has 0 aromatic heterocycles. The summed E-state index contributed by atoms with van der Waals surface area (Å²) in [5, 5.41) is 18.3. The highest BCUT2D eigenvalue weighted by molar-refractivity contribution is 6.01. The monoisotopic (exact) mass is 351 g/mol. The molecule has 1 amide bonds. The number of nitrogens with zero attached hydrogens (tertiary/aromatic N) is 3. The Kier molecular flexibility index (Phi) is 5.30. The molecule has 0 saturated heterocycles. The molecule has 130 valence electrons. The van der Waals surface area contributed by atoms with Gasteiger partial charge in [-0.25, -0.2) is 0 Å². The van der Waals surface area contributed by atoms with Gasteiger partial charge in [0.1, 0.15) is 0 Å². The second kappa shape index (κ2) is 7.99. The van der Waals surface area contributed by atoms with Gasteiger partial charge in [0.05, 0.1) is 23.3 Å². The lowest BCUT2D eigenvalue weighted by atomic mass is 9.95. The van der Waals surface area contributed by atoms with E-state index in [0.29, 0.717) is 23.2 Å². The fourth-order valence-electron chi connectivity index (χ4n) is 2.96. The lowest BCUT2D eigenvalue weighted by Crippen LogP contribution is -2.26. The first-order valence-corrected chi connectivity index (χ1v) is 8.47. The summed E-state index contributed by atoms with van der Waals surface area (Å²) in [5.41, 5.74) is 4.11. The maximum Gasteiger partial charge on any atom is 0.254 e. The van der Waals surface area contributed by atoms with Gasteiger partial charge in [0, 0.05) is 24.7 Å². The van der Waals surface area contributed by atoms with Crippen LogP contribution >= 0.6 is 0 Å². The third-order valence-corrected chi connectivity index (χ3v) is 4.34. The molecule has 0 saturated carbocycles. The molecule has 0 aliphatic carbocycles. The first-order chi connectivity index (χ1) is 13.1. The summed E-state index contributed by atoms with van der Waals surface area (Å²) < 4.78 is 0. The Morgan fingerprint density at radius 1 is 0.852 bits per heavy atom. The number of carbonyl (C=O) groups is 1. The van der Waals surface area contributed by atoms with Gasteiger partial charge < -0.3 is 4.90 Å². The summed E-state index contributed by atoms with van der Waals surface area (Å²) in [5.74, 6) is -0.122. The average molecular weight is 351 g/mol. The highest BCUT2D eigenvalue weighted by Gasteiger charge is 2.18. The van der Waals surface area contributed by atoms with E-state index in [4.69, 9.17) is 5.26 Å². The van der Waals surface area contributed by atoms with Crippen molar-refractivity contribution in [2.24, 2.45) is 0 Å². The molecule has 0 fully saturated rings. The summed E-state index contributed by atoms with van der Waals surface area (Å²) in [6.45, 7) is 0.429. The van der Waals surface area contributed by atoms with Crippen LogP contribution in [0.15, 0.2) is 72.8 Å². The zero-order chi connectivity index (χ0) is 19.2.